The lowest BCUT2D eigenvalue weighted by Crippen LogP contribution is -2.57. The smallest absolute Gasteiger partial charge is 0.243 e. The Bertz CT molecular complexity index is 288. The van der Waals surface area contributed by atoms with Gasteiger partial charge in [0.1, 0.15) is 0 Å². The van der Waals surface area contributed by atoms with Crippen molar-refractivity contribution in [2.75, 3.05) is 6.54 Å². The third-order valence-corrected chi connectivity index (χ3v) is 3.13. The van der Waals surface area contributed by atoms with E-state index in [0.29, 0.717) is 12.8 Å². The van der Waals surface area contributed by atoms with Crippen LogP contribution in [0, 0.1) is 0 Å². The molecule has 0 saturated heterocycles. The molecule has 1 aliphatic rings. The molecule has 6 heteroatoms. The van der Waals surface area contributed by atoms with Crippen molar-refractivity contribution in [1.82, 2.24) is 4.90 Å². The molecule has 0 aromatic carbocycles. The minimum atomic E-state index is -0.778. The van der Waals surface area contributed by atoms with E-state index in [2.05, 4.69) is 0 Å². The zero-order valence-corrected chi connectivity index (χ0v) is 11.3. The van der Waals surface area contributed by atoms with E-state index >= 15 is 0 Å². The highest BCUT2D eigenvalue weighted by Gasteiger charge is 2.40. The van der Waals surface area contributed by atoms with E-state index in [4.69, 9.17) is 11.5 Å². The largest absolute Gasteiger partial charge is 0.368 e. The molecule has 100 valence electrons. The number of carbonyl (C=O) groups excluding carboxylic acids is 2. The Labute approximate surface area is 108 Å². The van der Waals surface area contributed by atoms with Crippen molar-refractivity contribution in [1.29, 1.82) is 0 Å². The molecule has 0 aromatic heterocycles. The zero-order valence-electron chi connectivity index (χ0n) is 10.4. The molecular weight excluding hydrogens is 242 g/mol. The summed E-state index contributed by atoms with van der Waals surface area (Å²) in [6, 6.07) is -0.0546. The van der Waals surface area contributed by atoms with E-state index < -0.39 is 11.4 Å². The van der Waals surface area contributed by atoms with Crippen LogP contribution in [0.1, 0.15) is 39.5 Å². The van der Waals surface area contributed by atoms with Gasteiger partial charge in [0, 0.05) is 6.04 Å². The van der Waals surface area contributed by atoms with Gasteiger partial charge in [0.25, 0.3) is 0 Å². The molecule has 5 nitrogen and oxygen atoms in total. The van der Waals surface area contributed by atoms with Gasteiger partial charge in [-0.15, -0.1) is 12.4 Å². The second-order valence-corrected chi connectivity index (χ2v) is 4.86. The number of halogens is 1. The average molecular weight is 264 g/mol. The lowest BCUT2D eigenvalue weighted by atomic mass is 9.96. The van der Waals surface area contributed by atoms with Gasteiger partial charge in [0.2, 0.25) is 11.8 Å². The normalized spacial score (nSPS) is 17.6. The summed E-state index contributed by atoms with van der Waals surface area (Å²) in [6.07, 6.45) is 3.36. The molecule has 0 heterocycles. The quantitative estimate of drug-likeness (QED) is 0.769. The average Bonchev–Trinajstić information content (AvgIpc) is 2.61. The first kappa shape index (κ1) is 16.2. The van der Waals surface area contributed by atoms with Crippen molar-refractivity contribution in [3.63, 3.8) is 0 Å². The van der Waals surface area contributed by atoms with Gasteiger partial charge in [0.05, 0.1) is 12.1 Å². The van der Waals surface area contributed by atoms with E-state index in [1.807, 2.05) is 13.8 Å². The maximum Gasteiger partial charge on any atom is 0.243 e. The molecule has 17 heavy (non-hydrogen) atoms. The van der Waals surface area contributed by atoms with Crippen LogP contribution in [-0.4, -0.2) is 34.8 Å². The van der Waals surface area contributed by atoms with Crippen molar-refractivity contribution in [2.45, 2.75) is 51.1 Å². The summed E-state index contributed by atoms with van der Waals surface area (Å²) in [5.74, 6) is -0.637. The molecule has 1 fully saturated rings. The minimum absolute atomic E-state index is 0. The standard InChI is InChI=1S/C11H21N3O2.ClH/c1-8(2)14(7-9(12)15)10(16)11(13)5-3-4-6-11;/h8H,3-7,13H2,1-2H3,(H2,12,15);1H. The van der Waals surface area contributed by atoms with Crippen molar-refractivity contribution in [3.8, 4) is 0 Å². The van der Waals surface area contributed by atoms with E-state index in [1.165, 1.54) is 4.90 Å². The monoisotopic (exact) mass is 263 g/mol. The second kappa shape index (κ2) is 6.21. The summed E-state index contributed by atoms with van der Waals surface area (Å²) in [5.41, 5.74) is 10.4. The summed E-state index contributed by atoms with van der Waals surface area (Å²) < 4.78 is 0. The van der Waals surface area contributed by atoms with Gasteiger partial charge in [-0.05, 0) is 26.7 Å². The van der Waals surface area contributed by atoms with Crippen molar-refractivity contribution < 1.29 is 9.59 Å². The SMILES string of the molecule is CC(C)N(CC(N)=O)C(=O)C1(N)CCCC1.Cl. The number of hydrogen-bond acceptors (Lipinski definition) is 3. The Kier molecular flexibility index (Phi) is 5.92. The molecule has 0 aromatic rings. The van der Waals surface area contributed by atoms with Crippen LogP contribution in [0.25, 0.3) is 0 Å². The lowest BCUT2D eigenvalue weighted by molar-refractivity contribution is -0.141. The highest BCUT2D eigenvalue weighted by molar-refractivity contribution is 5.90. The van der Waals surface area contributed by atoms with Crippen LogP contribution in [0.3, 0.4) is 0 Å². The molecule has 0 spiro atoms. The lowest BCUT2D eigenvalue weighted by Gasteiger charge is -2.33. The molecule has 0 radical (unpaired) electrons. The molecule has 1 rings (SSSR count). The van der Waals surface area contributed by atoms with E-state index in [0.717, 1.165) is 12.8 Å². The molecule has 0 unspecified atom stereocenters. The predicted octanol–water partition coefficient (Wildman–Crippen LogP) is 0.402. The van der Waals surface area contributed by atoms with Gasteiger partial charge in [-0.2, -0.15) is 0 Å². The molecule has 1 aliphatic carbocycles. The third kappa shape index (κ3) is 3.85. The van der Waals surface area contributed by atoms with Crippen LogP contribution < -0.4 is 11.5 Å². The first-order chi connectivity index (χ1) is 7.37. The predicted molar refractivity (Wildman–Crippen MR) is 68.7 cm³/mol. The van der Waals surface area contributed by atoms with Gasteiger partial charge in [-0.25, -0.2) is 0 Å². The number of hydrogen-bond donors (Lipinski definition) is 2. The number of primary amides is 1. The third-order valence-electron chi connectivity index (χ3n) is 3.13. The molecule has 2 amide bonds. The van der Waals surface area contributed by atoms with Crippen LogP contribution in [-0.2, 0) is 9.59 Å². The Morgan fingerprint density at radius 3 is 2.12 bits per heavy atom. The van der Waals surface area contributed by atoms with Crippen LogP contribution in [0.4, 0.5) is 0 Å². The summed E-state index contributed by atoms with van der Waals surface area (Å²) in [4.78, 5) is 24.6. The highest BCUT2D eigenvalue weighted by atomic mass is 35.5. The summed E-state index contributed by atoms with van der Waals surface area (Å²) in [6.45, 7) is 3.67. The maximum atomic E-state index is 12.2. The fourth-order valence-corrected chi connectivity index (χ4v) is 2.16. The minimum Gasteiger partial charge on any atom is -0.368 e. The summed E-state index contributed by atoms with van der Waals surface area (Å²) >= 11 is 0. The Morgan fingerprint density at radius 2 is 1.76 bits per heavy atom. The fraction of sp³-hybridized carbons (Fsp3) is 0.818. The van der Waals surface area contributed by atoms with Crippen LogP contribution in [0.5, 0.6) is 0 Å². The fourth-order valence-electron chi connectivity index (χ4n) is 2.16. The van der Waals surface area contributed by atoms with Crippen LogP contribution >= 0.6 is 12.4 Å². The van der Waals surface area contributed by atoms with Gasteiger partial charge in [0.15, 0.2) is 0 Å². The molecule has 4 N–H and O–H groups in total. The maximum absolute atomic E-state index is 12.2. The molecular formula is C11H22ClN3O2. The Morgan fingerprint density at radius 1 is 1.29 bits per heavy atom. The van der Waals surface area contributed by atoms with Gasteiger partial charge < -0.3 is 16.4 Å². The number of nitrogens with two attached hydrogens (primary N) is 2. The number of amides is 2. The molecule has 1 saturated carbocycles. The summed E-state index contributed by atoms with van der Waals surface area (Å²) in [5, 5.41) is 0. The molecule has 0 aliphatic heterocycles. The van der Waals surface area contributed by atoms with Gasteiger partial charge in [-0.1, -0.05) is 12.8 Å². The number of nitrogens with zero attached hydrogens (tertiary/aromatic N) is 1. The molecule has 0 atom stereocenters. The molecule has 0 bridgehead atoms. The Hall–Kier alpha value is -0.810. The van der Waals surface area contributed by atoms with E-state index in [-0.39, 0.29) is 30.9 Å². The number of rotatable bonds is 4. The van der Waals surface area contributed by atoms with Crippen molar-refractivity contribution >= 4 is 24.2 Å². The summed E-state index contributed by atoms with van der Waals surface area (Å²) in [7, 11) is 0. The number of carbonyl (C=O) groups is 2. The zero-order chi connectivity index (χ0) is 12.3. The van der Waals surface area contributed by atoms with Crippen LogP contribution in [0.15, 0.2) is 0 Å². The van der Waals surface area contributed by atoms with Crippen LogP contribution in [0.2, 0.25) is 0 Å². The van der Waals surface area contributed by atoms with Crippen molar-refractivity contribution in [2.24, 2.45) is 11.5 Å². The topological polar surface area (TPSA) is 89.4 Å². The van der Waals surface area contributed by atoms with Gasteiger partial charge >= 0.3 is 0 Å². The first-order valence-corrected chi connectivity index (χ1v) is 5.75. The highest BCUT2D eigenvalue weighted by Crippen LogP contribution is 2.29. The Balaban J connectivity index is 0.00000256. The van der Waals surface area contributed by atoms with Crippen molar-refractivity contribution in [3.05, 3.63) is 0 Å². The second-order valence-electron chi connectivity index (χ2n) is 4.86. The van der Waals surface area contributed by atoms with E-state index in [1.54, 1.807) is 0 Å². The van der Waals surface area contributed by atoms with E-state index in [9.17, 15) is 9.59 Å². The first-order valence-electron chi connectivity index (χ1n) is 5.75. The van der Waals surface area contributed by atoms with Gasteiger partial charge in [-0.3, -0.25) is 9.59 Å².